The van der Waals surface area contributed by atoms with Crippen LogP contribution in [0.5, 0.6) is 0 Å². The first kappa shape index (κ1) is 12.6. The Hall–Kier alpha value is -2.89. The maximum atomic E-state index is 10.9. The number of hydrogen-bond donors (Lipinski definition) is 3. The van der Waals surface area contributed by atoms with Crippen molar-refractivity contribution in [3.05, 3.63) is 48.2 Å². The molecule has 2 rings (SSSR count). The Morgan fingerprint density at radius 1 is 1.16 bits per heavy atom. The van der Waals surface area contributed by atoms with E-state index in [1.54, 1.807) is 36.5 Å². The number of carbonyl (C=O) groups is 1. The van der Waals surface area contributed by atoms with Crippen molar-refractivity contribution in [1.29, 1.82) is 0 Å². The molecule has 0 fully saturated rings. The molecule has 2 aromatic rings. The van der Waals surface area contributed by atoms with Gasteiger partial charge in [0.25, 0.3) is 0 Å². The summed E-state index contributed by atoms with van der Waals surface area (Å²) in [6.45, 7) is 0. The van der Waals surface area contributed by atoms with Crippen LogP contribution < -0.4 is 16.5 Å². The van der Waals surface area contributed by atoms with Gasteiger partial charge in [-0.1, -0.05) is 12.1 Å². The van der Waals surface area contributed by atoms with E-state index in [2.05, 4.69) is 9.98 Å². The molecule has 1 aromatic heterocycles. The summed E-state index contributed by atoms with van der Waals surface area (Å²) >= 11 is 0. The van der Waals surface area contributed by atoms with Gasteiger partial charge in [0.2, 0.25) is 0 Å². The van der Waals surface area contributed by atoms with Gasteiger partial charge in [0.05, 0.1) is 11.8 Å². The normalized spacial score (nSPS) is 9.89. The summed E-state index contributed by atoms with van der Waals surface area (Å²) in [7, 11) is 0. The fraction of sp³-hybridized carbons (Fsp3) is 0. The maximum Gasteiger partial charge on any atom is 0.335 e. The summed E-state index contributed by atoms with van der Waals surface area (Å²) in [5.41, 5.74) is 12.4. The Morgan fingerprint density at radius 2 is 1.95 bits per heavy atom. The average molecular weight is 257 g/mol. The lowest BCUT2D eigenvalue weighted by atomic mass is 10.0. The lowest BCUT2D eigenvalue weighted by Gasteiger charge is -2.01. The Labute approximate surface area is 109 Å². The number of benzene rings is 1. The number of aromatic nitrogens is 1. The molecule has 0 bridgehead atoms. The zero-order valence-electron chi connectivity index (χ0n) is 10.00. The second-order valence-electron chi connectivity index (χ2n) is 3.89. The SMILES string of the molecule is NC(N)=Nc1ccc(-c2cccc(C(=O)O)c2)c[nH+]1. The number of guanidine groups is 1. The Morgan fingerprint density at radius 3 is 2.53 bits per heavy atom. The van der Waals surface area contributed by atoms with Gasteiger partial charge in [-0.05, 0) is 28.8 Å². The van der Waals surface area contributed by atoms with Crippen molar-refractivity contribution in [3.8, 4) is 11.1 Å². The smallest absolute Gasteiger partial charge is 0.335 e. The minimum atomic E-state index is -0.956. The number of carboxylic acids is 1. The highest BCUT2D eigenvalue weighted by atomic mass is 16.4. The fourth-order valence-corrected chi connectivity index (χ4v) is 1.64. The van der Waals surface area contributed by atoms with Crippen LogP contribution in [0.25, 0.3) is 11.1 Å². The zero-order chi connectivity index (χ0) is 13.8. The van der Waals surface area contributed by atoms with E-state index in [-0.39, 0.29) is 11.5 Å². The summed E-state index contributed by atoms with van der Waals surface area (Å²) in [5, 5.41) is 8.95. The number of carboxylic acid groups (broad SMARTS) is 1. The largest absolute Gasteiger partial charge is 0.478 e. The molecule has 6 N–H and O–H groups in total. The van der Waals surface area contributed by atoms with Crippen molar-refractivity contribution in [3.63, 3.8) is 0 Å². The summed E-state index contributed by atoms with van der Waals surface area (Å²) in [6, 6.07) is 10.2. The van der Waals surface area contributed by atoms with Crippen LogP contribution >= 0.6 is 0 Å². The standard InChI is InChI=1S/C13H12N4O2/c14-13(15)17-11-5-4-10(7-16-11)8-2-1-3-9(6-8)12(18)19/h1-7H,(H,18,19)(H4,14,15,16,17)/p+1. The van der Waals surface area contributed by atoms with E-state index in [0.717, 1.165) is 11.1 Å². The molecule has 0 unspecified atom stereocenters. The second-order valence-corrected chi connectivity index (χ2v) is 3.89. The quantitative estimate of drug-likeness (QED) is 0.556. The molecule has 0 aliphatic rings. The van der Waals surface area contributed by atoms with Crippen LogP contribution in [-0.4, -0.2) is 17.0 Å². The van der Waals surface area contributed by atoms with E-state index in [1.165, 1.54) is 0 Å². The summed E-state index contributed by atoms with van der Waals surface area (Å²) < 4.78 is 0. The topological polar surface area (TPSA) is 116 Å². The molecule has 19 heavy (non-hydrogen) atoms. The van der Waals surface area contributed by atoms with Crippen molar-refractivity contribution in [1.82, 2.24) is 0 Å². The van der Waals surface area contributed by atoms with E-state index < -0.39 is 5.97 Å². The van der Waals surface area contributed by atoms with Crippen molar-refractivity contribution >= 4 is 17.7 Å². The summed E-state index contributed by atoms with van der Waals surface area (Å²) in [5.74, 6) is -0.460. The number of hydrogen-bond acceptors (Lipinski definition) is 2. The molecule has 6 nitrogen and oxygen atoms in total. The molecule has 1 aromatic carbocycles. The van der Waals surface area contributed by atoms with Crippen LogP contribution in [0.4, 0.5) is 5.82 Å². The Kier molecular flexibility index (Phi) is 3.42. The number of nitrogens with two attached hydrogens (primary N) is 2. The van der Waals surface area contributed by atoms with Gasteiger partial charge in [0, 0.05) is 11.6 Å². The third-order valence-electron chi connectivity index (χ3n) is 2.49. The molecule has 0 saturated carbocycles. The van der Waals surface area contributed by atoms with Gasteiger partial charge >= 0.3 is 17.7 Å². The highest BCUT2D eigenvalue weighted by Gasteiger charge is 2.07. The molecular formula is C13H13N4O2+. The van der Waals surface area contributed by atoms with Crippen LogP contribution in [0, 0.1) is 0 Å². The number of aliphatic imine (C=N–C) groups is 1. The predicted molar refractivity (Wildman–Crippen MR) is 70.9 cm³/mol. The molecule has 0 atom stereocenters. The molecule has 6 heteroatoms. The van der Waals surface area contributed by atoms with Crippen LogP contribution in [-0.2, 0) is 0 Å². The minimum Gasteiger partial charge on any atom is -0.478 e. The highest BCUT2D eigenvalue weighted by Crippen LogP contribution is 2.20. The number of H-pyrrole nitrogens is 1. The molecule has 0 radical (unpaired) electrons. The zero-order valence-corrected chi connectivity index (χ0v) is 10.00. The predicted octanol–water partition coefficient (Wildman–Crippen LogP) is 0.771. The van der Waals surface area contributed by atoms with Crippen molar-refractivity contribution < 1.29 is 14.9 Å². The van der Waals surface area contributed by atoms with Crippen molar-refractivity contribution in [2.75, 3.05) is 0 Å². The molecule has 1 heterocycles. The molecule has 96 valence electrons. The van der Waals surface area contributed by atoms with Crippen molar-refractivity contribution in [2.24, 2.45) is 16.5 Å². The van der Waals surface area contributed by atoms with E-state index in [9.17, 15) is 4.79 Å². The number of nitrogens with zero attached hydrogens (tertiary/aromatic N) is 1. The summed E-state index contributed by atoms with van der Waals surface area (Å²) in [6.07, 6.45) is 1.71. The van der Waals surface area contributed by atoms with Gasteiger partial charge < -0.3 is 16.6 Å². The minimum absolute atomic E-state index is 0.0307. The summed E-state index contributed by atoms with van der Waals surface area (Å²) in [4.78, 5) is 17.7. The Bertz CT molecular complexity index is 631. The number of nitrogens with one attached hydrogen (secondary N) is 1. The van der Waals surface area contributed by atoms with Gasteiger partial charge in [-0.25, -0.2) is 9.78 Å². The van der Waals surface area contributed by atoms with E-state index >= 15 is 0 Å². The molecule has 0 aliphatic heterocycles. The highest BCUT2D eigenvalue weighted by molar-refractivity contribution is 5.89. The average Bonchev–Trinajstić information content (AvgIpc) is 2.39. The van der Waals surface area contributed by atoms with Gasteiger partial charge in [0.1, 0.15) is 0 Å². The fourth-order valence-electron chi connectivity index (χ4n) is 1.64. The lowest BCUT2D eigenvalue weighted by Crippen LogP contribution is -2.22. The van der Waals surface area contributed by atoms with E-state index in [4.69, 9.17) is 16.6 Å². The first-order valence-electron chi connectivity index (χ1n) is 5.51. The number of aromatic carboxylic acids is 1. The maximum absolute atomic E-state index is 10.9. The van der Waals surface area contributed by atoms with Crippen LogP contribution in [0.3, 0.4) is 0 Å². The van der Waals surface area contributed by atoms with E-state index in [1.807, 2.05) is 6.07 Å². The van der Waals surface area contributed by atoms with Gasteiger partial charge in [0.15, 0.2) is 0 Å². The monoisotopic (exact) mass is 257 g/mol. The second kappa shape index (κ2) is 5.18. The first-order chi connectivity index (χ1) is 9.06. The third-order valence-corrected chi connectivity index (χ3v) is 2.49. The van der Waals surface area contributed by atoms with Crippen molar-refractivity contribution in [2.45, 2.75) is 0 Å². The molecule has 0 aliphatic carbocycles. The van der Waals surface area contributed by atoms with Crippen LogP contribution in [0.15, 0.2) is 47.6 Å². The van der Waals surface area contributed by atoms with Gasteiger partial charge in [-0.15, -0.1) is 0 Å². The molecule has 0 spiro atoms. The Balaban J connectivity index is 2.34. The molecule has 0 amide bonds. The molecular weight excluding hydrogens is 244 g/mol. The van der Waals surface area contributed by atoms with Gasteiger partial charge in [-0.2, -0.15) is 0 Å². The number of rotatable bonds is 3. The number of aromatic amines is 1. The molecule has 0 saturated heterocycles. The number of pyridine rings is 1. The van der Waals surface area contributed by atoms with Gasteiger partial charge in [-0.3, -0.25) is 0 Å². The van der Waals surface area contributed by atoms with E-state index in [0.29, 0.717) is 5.82 Å². The van der Waals surface area contributed by atoms with Crippen LogP contribution in [0.1, 0.15) is 10.4 Å². The van der Waals surface area contributed by atoms with Crippen LogP contribution in [0.2, 0.25) is 0 Å². The first-order valence-corrected chi connectivity index (χ1v) is 5.51. The lowest BCUT2D eigenvalue weighted by molar-refractivity contribution is -0.361. The third kappa shape index (κ3) is 3.06.